The highest BCUT2D eigenvalue weighted by Crippen LogP contribution is 2.37. The second-order valence-electron chi connectivity index (χ2n) is 7.73. The van der Waals surface area contributed by atoms with Crippen LogP contribution in [-0.4, -0.2) is 42.4 Å². The zero-order valence-electron chi connectivity index (χ0n) is 18.5. The molecule has 5 N–H and O–H groups in total. The molecule has 30 heavy (non-hydrogen) atoms. The van der Waals surface area contributed by atoms with E-state index in [0.717, 1.165) is 5.56 Å². The minimum atomic E-state index is -0.826. The highest BCUT2D eigenvalue weighted by molar-refractivity contribution is 5.85. The molecule has 0 aliphatic rings. The molecule has 0 fully saturated rings. The molecule has 1 amide bonds. The number of ether oxygens (including phenoxy) is 1. The molecule has 164 valence electrons. The third kappa shape index (κ3) is 5.20. The third-order valence-corrected chi connectivity index (χ3v) is 4.79. The van der Waals surface area contributed by atoms with Crippen molar-refractivity contribution >= 4 is 11.6 Å². The number of nitrogens with one attached hydrogen (secondary N) is 2. The van der Waals surface area contributed by atoms with Gasteiger partial charge in [-0.25, -0.2) is 0 Å². The van der Waals surface area contributed by atoms with Gasteiger partial charge in [0.05, 0.1) is 19.0 Å². The van der Waals surface area contributed by atoms with Crippen molar-refractivity contribution in [2.45, 2.75) is 52.0 Å². The first kappa shape index (κ1) is 23.4. The number of nitrogens with two attached hydrogens (primary N) is 1. The predicted molar refractivity (Wildman–Crippen MR) is 119 cm³/mol. The van der Waals surface area contributed by atoms with Gasteiger partial charge < -0.3 is 25.8 Å². The van der Waals surface area contributed by atoms with Crippen molar-refractivity contribution in [2.75, 3.05) is 19.1 Å². The average Bonchev–Trinajstić information content (AvgIpc) is 2.70. The summed E-state index contributed by atoms with van der Waals surface area (Å²) in [6, 6.07) is 6.95. The standard InChI is InChI=1S/C22H33N5O3/c1-13(2)16-10-17(18(28)11-19(16)30-6)20(23)27(15-8-7-9-25-12-15)21(24-5)22(29)26-14(3)4/h7-14,20-21,24,28H,23H2,1-6H3,(H,26,29). The van der Waals surface area contributed by atoms with E-state index in [1.807, 2.05) is 39.8 Å². The summed E-state index contributed by atoms with van der Waals surface area (Å²) in [5.41, 5.74) is 8.70. The lowest BCUT2D eigenvalue weighted by Crippen LogP contribution is -2.58. The van der Waals surface area contributed by atoms with Gasteiger partial charge in [0.25, 0.3) is 5.91 Å². The Kier molecular flexibility index (Phi) is 8.02. The lowest BCUT2D eigenvalue weighted by atomic mass is 9.97. The molecule has 0 radical (unpaired) electrons. The summed E-state index contributed by atoms with van der Waals surface area (Å²) >= 11 is 0. The number of benzene rings is 1. The number of methoxy groups -OCH3 is 1. The molecule has 2 unspecified atom stereocenters. The number of phenolic OH excluding ortho intramolecular Hbond substituents is 1. The van der Waals surface area contributed by atoms with Crippen molar-refractivity contribution in [1.29, 1.82) is 0 Å². The van der Waals surface area contributed by atoms with Crippen LogP contribution in [0.15, 0.2) is 36.7 Å². The van der Waals surface area contributed by atoms with Crippen LogP contribution in [0.5, 0.6) is 11.5 Å². The minimum Gasteiger partial charge on any atom is -0.507 e. The third-order valence-electron chi connectivity index (χ3n) is 4.79. The normalized spacial score (nSPS) is 13.2. The number of likely N-dealkylation sites (N-methyl/N-ethyl adjacent to an activating group) is 1. The Bertz CT molecular complexity index is 842. The fraction of sp³-hybridized carbons (Fsp3) is 0.455. The minimum absolute atomic E-state index is 0.00300. The summed E-state index contributed by atoms with van der Waals surface area (Å²) in [4.78, 5) is 18.8. The number of aromatic nitrogens is 1. The van der Waals surface area contributed by atoms with Crippen LogP contribution in [0.1, 0.15) is 50.9 Å². The van der Waals surface area contributed by atoms with Crippen molar-refractivity contribution < 1.29 is 14.6 Å². The molecular formula is C22H33N5O3. The molecule has 1 aromatic heterocycles. The molecule has 8 heteroatoms. The number of aromatic hydroxyl groups is 1. The second kappa shape index (κ2) is 10.3. The maximum Gasteiger partial charge on any atom is 0.257 e. The summed E-state index contributed by atoms with van der Waals surface area (Å²) < 4.78 is 5.42. The first-order chi connectivity index (χ1) is 14.2. The molecular weight excluding hydrogens is 382 g/mol. The second-order valence-corrected chi connectivity index (χ2v) is 7.73. The van der Waals surface area contributed by atoms with E-state index in [2.05, 4.69) is 15.6 Å². The van der Waals surface area contributed by atoms with Crippen LogP contribution in [0, 0.1) is 0 Å². The van der Waals surface area contributed by atoms with Crippen LogP contribution in [0.2, 0.25) is 0 Å². The van der Waals surface area contributed by atoms with Gasteiger partial charge in [0.2, 0.25) is 0 Å². The van der Waals surface area contributed by atoms with E-state index in [-0.39, 0.29) is 23.6 Å². The highest BCUT2D eigenvalue weighted by atomic mass is 16.5. The maximum atomic E-state index is 12.9. The van der Waals surface area contributed by atoms with Crippen molar-refractivity contribution in [1.82, 2.24) is 15.6 Å². The number of rotatable bonds is 9. The van der Waals surface area contributed by atoms with Crippen LogP contribution < -0.4 is 26.0 Å². The zero-order valence-corrected chi connectivity index (χ0v) is 18.5. The van der Waals surface area contributed by atoms with Gasteiger partial charge in [-0.15, -0.1) is 0 Å². The van der Waals surface area contributed by atoms with Gasteiger partial charge in [-0.05, 0) is 50.6 Å². The molecule has 1 aromatic carbocycles. The van der Waals surface area contributed by atoms with E-state index in [1.54, 1.807) is 43.6 Å². The molecule has 2 rings (SSSR count). The Hall–Kier alpha value is -2.84. The monoisotopic (exact) mass is 415 g/mol. The van der Waals surface area contributed by atoms with Gasteiger partial charge >= 0.3 is 0 Å². The Labute approximate surface area is 178 Å². The van der Waals surface area contributed by atoms with Gasteiger partial charge in [-0.3, -0.25) is 15.1 Å². The summed E-state index contributed by atoms with van der Waals surface area (Å²) in [6.45, 7) is 7.86. The summed E-state index contributed by atoms with van der Waals surface area (Å²) in [5, 5.41) is 16.7. The van der Waals surface area contributed by atoms with Gasteiger partial charge in [0.1, 0.15) is 17.7 Å². The van der Waals surface area contributed by atoms with E-state index in [9.17, 15) is 9.90 Å². The number of hydrogen-bond acceptors (Lipinski definition) is 7. The molecule has 2 aromatic rings. The lowest BCUT2D eigenvalue weighted by molar-refractivity contribution is -0.123. The molecule has 0 spiro atoms. The Morgan fingerprint density at radius 3 is 2.43 bits per heavy atom. The fourth-order valence-corrected chi connectivity index (χ4v) is 3.35. The first-order valence-corrected chi connectivity index (χ1v) is 10.0. The zero-order chi connectivity index (χ0) is 22.4. The van der Waals surface area contributed by atoms with E-state index in [4.69, 9.17) is 10.5 Å². The molecule has 0 saturated heterocycles. The topological polar surface area (TPSA) is 113 Å². The predicted octanol–water partition coefficient (Wildman–Crippen LogP) is 2.45. The van der Waals surface area contributed by atoms with E-state index in [0.29, 0.717) is 17.0 Å². The van der Waals surface area contributed by atoms with E-state index < -0.39 is 12.3 Å². The van der Waals surface area contributed by atoms with E-state index in [1.165, 1.54) is 0 Å². The lowest BCUT2D eigenvalue weighted by Gasteiger charge is -2.37. The fourth-order valence-electron chi connectivity index (χ4n) is 3.35. The van der Waals surface area contributed by atoms with Crippen molar-refractivity contribution in [3.8, 4) is 11.5 Å². The Balaban J connectivity index is 2.59. The summed E-state index contributed by atoms with van der Waals surface area (Å²) in [5.74, 6) is 0.512. The number of nitrogens with zero attached hydrogens (tertiary/aromatic N) is 2. The van der Waals surface area contributed by atoms with Crippen LogP contribution in [0.4, 0.5) is 5.69 Å². The smallest absolute Gasteiger partial charge is 0.257 e. The van der Waals surface area contributed by atoms with Gasteiger partial charge in [0.15, 0.2) is 6.17 Å². The molecule has 0 bridgehead atoms. The van der Waals surface area contributed by atoms with Crippen molar-refractivity contribution in [3.63, 3.8) is 0 Å². The highest BCUT2D eigenvalue weighted by Gasteiger charge is 2.32. The van der Waals surface area contributed by atoms with Crippen LogP contribution in [0.3, 0.4) is 0 Å². The number of pyridine rings is 1. The van der Waals surface area contributed by atoms with Gasteiger partial charge in [-0.2, -0.15) is 0 Å². The molecule has 1 heterocycles. The van der Waals surface area contributed by atoms with Crippen molar-refractivity contribution in [2.24, 2.45) is 5.73 Å². The molecule has 8 nitrogen and oxygen atoms in total. The summed E-state index contributed by atoms with van der Waals surface area (Å²) in [7, 11) is 3.25. The number of carbonyl (C=O) groups excluding carboxylic acids is 1. The first-order valence-electron chi connectivity index (χ1n) is 10.0. The van der Waals surface area contributed by atoms with Crippen molar-refractivity contribution in [3.05, 3.63) is 47.8 Å². The molecule has 0 aliphatic carbocycles. The molecule has 2 atom stereocenters. The number of amides is 1. The number of anilines is 1. The maximum absolute atomic E-state index is 12.9. The van der Waals surface area contributed by atoms with Crippen LogP contribution in [-0.2, 0) is 4.79 Å². The van der Waals surface area contributed by atoms with Gasteiger partial charge in [-0.1, -0.05) is 13.8 Å². The SMILES string of the molecule is CNC(C(=O)NC(C)C)N(c1cccnc1)C(N)c1cc(C(C)C)c(OC)cc1O. The quantitative estimate of drug-likeness (QED) is 0.465. The molecule has 0 saturated carbocycles. The Morgan fingerprint density at radius 2 is 1.93 bits per heavy atom. The van der Waals surface area contributed by atoms with Crippen LogP contribution in [0.25, 0.3) is 0 Å². The number of carbonyl (C=O) groups is 1. The Morgan fingerprint density at radius 1 is 1.23 bits per heavy atom. The van der Waals surface area contributed by atoms with Gasteiger partial charge in [0, 0.05) is 23.9 Å². The number of phenols is 1. The average molecular weight is 416 g/mol. The molecule has 0 aliphatic heterocycles. The van der Waals surface area contributed by atoms with Crippen LogP contribution >= 0.6 is 0 Å². The van der Waals surface area contributed by atoms with E-state index >= 15 is 0 Å². The number of hydrogen-bond donors (Lipinski definition) is 4. The summed E-state index contributed by atoms with van der Waals surface area (Å²) in [6.07, 6.45) is 1.68. The largest absolute Gasteiger partial charge is 0.507 e.